The molecular weight excluding hydrogens is 240 g/mol. The quantitative estimate of drug-likeness (QED) is 0.830. The van der Waals surface area contributed by atoms with Crippen molar-refractivity contribution in [3.8, 4) is 11.5 Å². The smallest absolute Gasteiger partial charge is 0.247 e. The summed E-state index contributed by atoms with van der Waals surface area (Å²) in [6, 6.07) is 3.48. The molecule has 96 valence electrons. The molecule has 1 heterocycles. The third-order valence-electron chi connectivity index (χ3n) is 2.40. The molecule has 2 aromatic rings. The van der Waals surface area contributed by atoms with Crippen LogP contribution < -0.4 is 5.32 Å². The van der Waals surface area contributed by atoms with Gasteiger partial charge in [0, 0.05) is 18.5 Å². The number of halogens is 2. The van der Waals surface area contributed by atoms with E-state index < -0.39 is 11.6 Å². The zero-order valence-corrected chi connectivity index (χ0v) is 9.91. The Morgan fingerprint density at radius 1 is 1.22 bits per heavy atom. The monoisotopic (exact) mass is 253 g/mol. The summed E-state index contributed by atoms with van der Waals surface area (Å²) in [7, 11) is 0. The van der Waals surface area contributed by atoms with Crippen LogP contribution >= 0.6 is 0 Å². The number of likely N-dealkylation sites (N-methyl/N-ethyl adjacent to an activating group) is 1. The van der Waals surface area contributed by atoms with Crippen LogP contribution in [0.2, 0.25) is 0 Å². The maximum absolute atomic E-state index is 13.0. The highest BCUT2D eigenvalue weighted by Gasteiger charge is 2.10. The number of hydrogen-bond acceptors (Lipinski definition) is 4. The maximum atomic E-state index is 13.0. The van der Waals surface area contributed by atoms with Crippen LogP contribution in [-0.2, 0) is 6.42 Å². The molecule has 4 nitrogen and oxygen atoms in total. The van der Waals surface area contributed by atoms with Crippen molar-refractivity contribution >= 4 is 0 Å². The van der Waals surface area contributed by atoms with E-state index in [-0.39, 0.29) is 5.89 Å². The molecule has 18 heavy (non-hydrogen) atoms. The molecule has 1 N–H and O–H groups in total. The summed E-state index contributed by atoms with van der Waals surface area (Å²) in [5, 5.41) is 10.8. The summed E-state index contributed by atoms with van der Waals surface area (Å²) in [5.74, 6) is -1.17. The highest BCUT2D eigenvalue weighted by molar-refractivity contribution is 5.52. The summed E-state index contributed by atoms with van der Waals surface area (Å²) < 4.78 is 31.2. The fourth-order valence-electron chi connectivity index (χ4n) is 1.47. The Hall–Kier alpha value is -1.82. The Morgan fingerprint density at radius 3 is 2.78 bits per heavy atom. The average molecular weight is 253 g/mol. The first kappa shape index (κ1) is 12.6. The third-order valence-corrected chi connectivity index (χ3v) is 2.40. The van der Waals surface area contributed by atoms with Crippen molar-refractivity contribution in [1.29, 1.82) is 0 Å². The fraction of sp³-hybridized carbons (Fsp3) is 0.333. The second kappa shape index (κ2) is 5.68. The average Bonchev–Trinajstić information content (AvgIpc) is 2.82. The minimum absolute atomic E-state index is 0.195. The van der Waals surface area contributed by atoms with E-state index in [1.54, 1.807) is 0 Å². The van der Waals surface area contributed by atoms with Gasteiger partial charge in [0.2, 0.25) is 11.8 Å². The van der Waals surface area contributed by atoms with Crippen LogP contribution in [0, 0.1) is 11.6 Å². The lowest BCUT2D eigenvalue weighted by molar-refractivity contribution is 0.492. The molecule has 0 saturated heterocycles. The lowest BCUT2D eigenvalue weighted by Crippen LogP contribution is -2.16. The van der Waals surface area contributed by atoms with Gasteiger partial charge in [-0.2, -0.15) is 0 Å². The van der Waals surface area contributed by atoms with E-state index in [9.17, 15) is 8.78 Å². The van der Waals surface area contributed by atoms with Gasteiger partial charge in [-0.15, -0.1) is 10.2 Å². The van der Waals surface area contributed by atoms with Crippen LogP contribution in [0.1, 0.15) is 12.8 Å². The van der Waals surface area contributed by atoms with E-state index in [0.29, 0.717) is 17.9 Å². The van der Waals surface area contributed by atoms with Crippen LogP contribution in [0.5, 0.6) is 0 Å². The van der Waals surface area contributed by atoms with E-state index in [0.717, 1.165) is 25.2 Å². The SMILES string of the molecule is CCNCCc1nnc(-c2ccc(F)c(F)c2)o1. The molecule has 0 aliphatic carbocycles. The first-order chi connectivity index (χ1) is 8.70. The maximum Gasteiger partial charge on any atom is 0.247 e. The normalized spacial score (nSPS) is 10.8. The minimum Gasteiger partial charge on any atom is -0.421 e. The van der Waals surface area contributed by atoms with Gasteiger partial charge in [-0.05, 0) is 24.7 Å². The molecule has 0 atom stereocenters. The summed E-state index contributed by atoms with van der Waals surface area (Å²) >= 11 is 0. The van der Waals surface area contributed by atoms with E-state index in [2.05, 4.69) is 15.5 Å². The van der Waals surface area contributed by atoms with Gasteiger partial charge in [-0.25, -0.2) is 8.78 Å². The summed E-state index contributed by atoms with van der Waals surface area (Å²) in [4.78, 5) is 0. The molecular formula is C12H13F2N3O. The van der Waals surface area contributed by atoms with Gasteiger partial charge in [0.25, 0.3) is 0 Å². The van der Waals surface area contributed by atoms with E-state index in [1.165, 1.54) is 6.07 Å². The Kier molecular flexibility index (Phi) is 3.99. The molecule has 6 heteroatoms. The predicted octanol–water partition coefficient (Wildman–Crippen LogP) is 2.17. The van der Waals surface area contributed by atoms with Crippen molar-refractivity contribution in [2.75, 3.05) is 13.1 Å². The first-order valence-corrected chi connectivity index (χ1v) is 5.69. The Morgan fingerprint density at radius 2 is 2.06 bits per heavy atom. The van der Waals surface area contributed by atoms with Crippen LogP contribution in [-0.4, -0.2) is 23.3 Å². The van der Waals surface area contributed by atoms with Gasteiger partial charge >= 0.3 is 0 Å². The molecule has 0 aliphatic rings. The number of benzene rings is 1. The molecule has 1 aromatic carbocycles. The summed E-state index contributed by atoms with van der Waals surface area (Å²) in [6.07, 6.45) is 0.602. The first-order valence-electron chi connectivity index (χ1n) is 5.69. The summed E-state index contributed by atoms with van der Waals surface area (Å²) in [6.45, 7) is 3.60. The van der Waals surface area contributed by atoms with E-state index in [1.807, 2.05) is 6.92 Å². The lowest BCUT2D eigenvalue weighted by atomic mass is 10.2. The van der Waals surface area contributed by atoms with Gasteiger partial charge in [-0.1, -0.05) is 6.92 Å². The third kappa shape index (κ3) is 2.89. The molecule has 0 fully saturated rings. The predicted molar refractivity (Wildman–Crippen MR) is 61.9 cm³/mol. The molecule has 0 bridgehead atoms. The molecule has 0 aliphatic heterocycles. The number of rotatable bonds is 5. The van der Waals surface area contributed by atoms with Gasteiger partial charge in [0.05, 0.1) is 0 Å². The fourth-order valence-corrected chi connectivity index (χ4v) is 1.47. The standard InChI is InChI=1S/C12H13F2N3O/c1-2-15-6-5-11-16-17-12(18-11)8-3-4-9(13)10(14)7-8/h3-4,7,15H,2,5-6H2,1H3. The van der Waals surface area contributed by atoms with E-state index >= 15 is 0 Å². The van der Waals surface area contributed by atoms with Crippen molar-refractivity contribution in [3.63, 3.8) is 0 Å². The Balaban J connectivity index is 2.11. The molecule has 0 spiro atoms. The van der Waals surface area contributed by atoms with Crippen LogP contribution in [0.25, 0.3) is 11.5 Å². The van der Waals surface area contributed by atoms with Crippen molar-refractivity contribution in [1.82, 2.24) is 15.5 Å². The van der Waals surface area contributed by atoms with Gasteiger partial charge < -0.3 is 9.73 Å². The lowest BCUT2D eigenvalue weighted by Gasteiger charge is -1.97. The Labute approximate surface area is 103 Å². The highest BCUT2D eigenvalue weighted by Crippen LogP contribution is 2.20. The topological polar surface area (TPSA) is 51.0 Å². The van der Waals surface area contributed by atoms with Crippen molar-refractivity contribution in [2.45, 2.75) is 13.3 Å². The molecule has 1 aromatic heterocycles. The molecule has 0 saturated carbocycles. The van der Waals surface area contributed by atoms with Gasteiger partial charge in [-0.3, -0.25) is 0 Å². The molecule has 0 amide bonds. The minimum atomic E-state index is -0.931. The zero-order chi connectivity index (χ0) is 13.0. The van der Waals surface area contributed by atoms with Crippen LogP contribution in [0.4, 0.5) is 8.78 Å². The van der Waals surface area contributed by atoms with Gasteiger partial charge in [0.1, 0.15) is 0 Å². The van der Waals surface area contributed by atoms with Crippen molar-refractivity contribution in [3.05, 3.63) is 35.7 Å². The highest BCUT2D eigenvalue weighted by atomic mass is 19.2. The number of aromatic nitrogens is 2. The number of nitrogens with zero attached hydrogens (tertiary/aromatic N) is 2. The van der Waals surface area contributed by atoms with Crippen LogP contribution in [0.3, 0.4) is 0 Å². The second-order valence-electron chi connectivity index (χ2n) is 3.73. The number of nitrogens with one attached hydrogen (secondary N) is 1. The van der Waals surface area contributed by atoms with Crippen molar-refractivity contribution < 1.29 is 13.2 Å². The van der Waals surface area contributed by atoms with E-state index in [4.69, 9.17) is 4.42 Å². The largest absolute Gasteiger partial charge is 0.421 e. The second-order valence-corrected chi connectivity index (χ2v) is 3.73. The Bertz CT molecular complexity index is 528. The summed E-state index contributed by atoms with van der Waals surface area (Å²) in [5.41, 5.74) is 0.371. The molecule has 0 radical (unpaired) electrons. The van der Waals surface area contributed by atoms with Crippen molar-refractivity contribution in [2.24, 2.45) is 0 Å². The van der Waals surface area contributed by atoms with Crippen LogP contribution in [0.15, 0.2) is 22.6 Å². The van der Waals surface area contributed by atoms with Gasteiger partial charge in [0.15, 0.2) is 11.6 Å². The zero-order valence-electron chi connectivity index (χ0n) is 9.91. The molecule has 2 rings (SSSR count). The molecule has 0 unspecified atom stereocenters. The number of hydrogen-bond donors (Lipinski definition) is 1.